The van der Waals surface area contributed by atoms with E-state index in [0.717, 1.165) is 29.1 Å². The Morgan fingerprint density at radius 3 is 2.60 bits per heavy atom. The van der Waals surface area contributed by atoms with Crippen LogP contribution in [-0.4, -0.2) is 29.8 Å². The van der Waals surface area contributed by atoms with Crippen molar-refractivity contribution in [3.05, 3.63) is 16.2 Å². The lowest BCUT2D eigenvalue weighted by molar-refractivity contribution is 0.0126. The minimum atomic E-state index is -0.720. The smallest absolute Gasteiger partial charge is 0.405 e. The van der Waals surface area contributed by atoms with Crippen LogP contribution in [0.2, 0.25) is 0 Å². The first-order valence-corrected chi connectivity index (χ1v) is 7.26. The van der Waals surface area contributed by atoms with Crippen LogP contribution in [0.25, 0.3) is 0 Å². The molecule has 1 amide bonds. The summed E-state index contributed by atoms with van der Waals surface area (Å²) in [6, 6.07) is 1.86. The van der Waals surface area contributed by atoms with E-state index in [9.17, 15) is 4.79 Å². The maximum absolute atomic E-state index is 10.9. The molecule has 1 aromatic heterocycles. The minimum absolute atomic E-state index is 0.488. The number of primary amides is 1. The molecule has 1 aliphatic heterocycles. The van der Waals surface area contributed by atoms with Crippen molar-refractivity contribution in [2.75, 3.05) is 23.7 Å². The van der Waals surface area contributed by atoms with Gasteiger partial charge in [-0.3, -0.25) is 0 Å². The average molecular weight is 343 g/mol. The molecule has 0 atom stereocenters. The molecule has 4 N–H and O–H groups in total. The Bertz CT molecular complexity index is 504. The number of aromatic nitrogens is 1. The van der Waals surface area contributed by atoms with E-state index in [4.69, 9.17) is 16.2 Å². The fraction of sp³-hybridized carbons (Fsp3) is 0.538. The topological polar surface area (TPSA) is 94.5 Å². The second-order valence-electron chi connectivity index (χ2n) is 5.33. The van der Waals surface area contributed by atoms with Gasteiger partial charge in [-0.1, -0.05) is 0 Å². The SMILES string of the molecule is Cc1nc(N2CCC(C)(OC(N)=O)CC2)cc(N)c1Br. The molecule has 0 spiro atoms. The van der Waals surface area contributed by atoms with Crippen molar-refractivity contribution in [3.63, 3.8) is 0 Å². The summed E-state index contributed by atoms with van der Waals surface area (Å²) in [6.07, 6.45) is 0.710. The molecule has 2 heterocycles. The minimum Gasteiger partial charge on any atom is -0.443 e. The second kappa shape index (κ2) is 5.47. The van der Waals surface area contributed by atoms with Crippen LogP contribution >= 0.6 is 15.9 Å². The van der Waals surface area contributed by atoms with E-state index < -0.39 is 11.7 Å². The first kappa shape index (κ1) is 14.9. The zero-order valence-electron chi connectivity index (χ0n) is 11.6. The van der Waals surface area contributed by atoms with Gasteiger partial charge in [0.15, 0.2) is 0 Å². The number of hydrogen-bond donors (Lipinski definition) is 2. The molecule has 0 radical (unpaired) electrons. The van der Waals surface area contributed by atoms with Gasteiger partial charge in [-0.05, 0) is 29.8 Å². The van der Waals surface area contributed by atoms with Gasteiger partial charge in [0.1, 0.15) is 11.4 Å². The lowest BCUT2D eigenvalue weighted by Crippen LogP contribution is -2.46. The third-order valence-corrected chi connectivity index (χ3v) is 4.66. The highest BCUT2D eigenvalue weighted by molar-refractivity contribution is 9.10. The van der Waals surface area contributed by atoms with Crippen molar-refractivity contribution >= 4 is 33.5 Å². The largest absolute Gasteiger partial charge is 0.443 e. The van der Waals surface area contributed by atoms with Gasteiger partial charge in [-0.2, -0.15) is 0 Å². The molecule has 1 aromatic rings. The normalized spacial score (nSPS) is 17.9. The molecule has 1 aliphatic rings. The van der Waals surface area contributed by atoms with Crippen molar-refractivity contribution in [1.82, 2.24) is 4.98 Å². The van der Waals surface area contributed by atoms with Crippen LogP contribution in [0.3, 0.4) is 0 Å². The number of nitrogen functional groups attached to an aromatic ring is 1. The van der Waals surface area contributed by atoms with Gasteiger partial charge in [0.05, 0.1) is 15.9 Å². The van der Waals surface area contributed by atoms with Crippen LogP contribution in [0.1, 0.15) is 25.5 Å². The van der Waals surface area contributed by atoms with Crippen molar-refractivity contribution in [3.8, 4) is 0 Å². The number of ether oxygens (including phenoxy) is 1. The van der Waals surface area contributed by atoms with Crippen molar-refractivity contribution in [1.29, 1.82) is 0 Å². The maximum atomic E-state index is 10.9. The van der Waals surface area contributed by atoms with Gasteiger partial charge in [-0.15, -0.1) is 0 Å². The predicted molar refractivity (Wildman–Crippen MR) is 81.6 cm³/mol. The number of anilines is 2. The van der Waals surface area contributed by atoms with Crippen molar-refractivity contribution in [2.24, 2.45) is 5.73 Å². The standard InChI is InChI=1S/C13H19BrN4O2/c1-8-11(14)9(15)7-10(17-8)18-5-3-13(2,4-6-18)20-12(16)19/h7H,3-6H2,1-2H3,(H2,15,17)(H2,16,19). The van der Waals surface area contributed by atoms with Crippen molar-refractivity contribution < 1.29 is 9.53 Å². The Hall–Kier alpha value is -1.50. The molecule has 0 aromatic carbocycles. The highest BCUT2D eigenvalue weighted by atomic mass is 79.9. The molecular weight excluding hydrogens is 324 g/mol. The molecule has 2 rings (SSSR count). The summed E-state index contributed by atoms with van der Waals surface area (Å²) in [7, 11) is 0. The van der Waals surface area contributed by atoms with Crippen LogP contribution in [0.15, 0.2) is 10.5 Å². The Balaban J connectivity index is 2.09. The first-order chi connectivity index (χ1) is 9.31. The number of piperidine rings is 1. The average Bonchev–Trinajstić information content (AvgIpc) is 2.35. The van der Waals surface area contributed by atoms with E-state index in [0.29, 0.717) is 18.5 Å². The van der Waals surface area contributed by atoms with Crippen LogP contribution in [0.5, 0.6) is 0 Å². The number of halogens is 1. The number of rotatable bonds is 2. The van der Waals surface area contributed by atoms with E-state index in [1.807, 2.05) is 19.9 Å². The van der Waals surface area contributed by atoms with E-state index >= 15 is 0 Å². The van der Waals surface area contributed by atoms with Gasteiger partial charge in [0.25, 0.3) is 0 Å². The lowest BCUT2D eigenvalue weighted by atomic mass is 9.93. The zero-order chi connectivity index (χ0) is 14.9. The lowest BCUT2D eigenvalue weighted by Gasteiger charge is -2.39. The fourth-order valence-corrected chi connectivity index (χ4v) is 2.58. The van der Waals surface area contributed by atoms with Gasteiger partial charge >= 0.3 is 6.09 Å². The molecule has 7 heteroatoms. The molecule has 0 saturated carbocycles. The van der Waals surface area contributed by atoms with E-state index in [2.05, 4.69) is 25.8 Å². The van der Waals surface area contributed by atoms with E-state index in [-0.39, 0.29) is 0 Å². The molecule has 1 fully saturated rings. The van der Waals surface area contributed by atoms with Crippen LogP contribution in [-0.2, 0) is 4.74 Å². The zero-order valence-corrected chi connectivity index (χ0v) is 13.2. The van der Waals surface area contributed by atoms with Crippen molar-refractivity contribution in [2.45, 2.75) is 32.3 Å². The summed E-state index contributed by atoms with van der Waals surface area (Å²) in [5.41, 5.74) is 12.1. The first-order valence-electron chi connectivity index (χ1n) is 6.47. The summed E-state index contributed by atoms with van der Waals surface area (Å²) in [6.45, 7) is 5.31. The fourth-order valence-electron chi connectivity index (χ4n) is 2.38. The quantitative estimate of drug-likeness (QED) is 0.858. The highest BCUT2D eigenvalue weighted by Crippen LogP contribution is 2.31. The number of nitrogens with zero attached hydrogens (tertiary/aromatic N) is 2. The summed E-state index contributed by atoms with van der Waals surface area (Å²) in [5, 5.41) is 0. The van der Waals surface area contributed by atoms with Crippen LogP contribution in [0, 0.1) is 6.92 Å². The third kappa shape index (κ3) is 3.15. The number of amides is 1. The molecule has 6 nitrogen and oxygen atoms in total. The van der Waals surface area contributed by atoms with Gasteiger partial charge in [-0.25, -0.2) is 9.78 Å². The number of hydrogen-bond acceptors (Lipinski definition) is 5. The predicted octanol–water partition coefficient (Wildman–Crippen LogP) is 2.19. The number of nitrogens with two attached hydrogens (primary N) is 2. The Kier molecular flexibility index (Phi) is 4.08. The number of carbonyl (C=O) groups excluding carboxylic acids is 1. The van der Waals surface area contributed by atoms with Crippen LogP contribution in [0.4, 0.5) is 16.3 Å². The summed E-state index contributed by atoms with van der Waals surface area (Å²) in [4.78, 5) is 17.6. The Morgan fingerprint density at radius 1 is 1.50 bits per heavy atom. The summed E-state index contributed by atoms with van der Waals surface area (Å²) in [5.74, 6) is 0.851. The second-order valence-corrected chi connectivity index (χ2v) is 6.12. The summed E-state index contributed by atoms with van der Waals surface area (Å²) < 4.78 is 6.02. The molecular formula is C13H19BrN4O2. The molecule has 20 heavy (non-hydrogen) atoms. The Labute approximate surface area is 126 Å². The molecule has 0 bridgehead atoms. The number of pyridine rings is 1. The highest BCUT2D eigenvalue weighted by Gasteiger charge is 2.33. The van der Waals surface area contributed by atoms with Gasteiger partial charge in [0, 0.05) is 32.0 Å². The van der Waals surface area contributed by atoms with E-state index in [1.54, 1.807) is 0 Å². The maximum Gasteiger partial charge on any atom is 0.405 e. The third-order valence-electron chi connectivity index (χ3n) is 3.63. The number of carbonyl (C=O) groups is 1. The summed E-state index contributed by atoms with van der Waals surface area (Å²) >= 11 is 3.41. The number of aryl methyl sites for hydroxylation is 1. The Morgan fingerprint density at radius 2 is 2.10 bits per heavy atom. The molecule has 110 valence electrons. The van der Waals surface area contributed by atoms with Gasteiger partial charge < -0.3 is 21.1 Å². The van der Waals surface area contributed by atoms with Gasteiger partial charge in [0.2, 0.25) is 0 Å². The molecule has 0 unspecified atom stereocenters. The molecule has 0 aliphatic carbocycles. The van der Waals surface area contributed by atoms with E-state index in [1.165, 1.54) is 0 Å². The molecule has 1 saturated heterocycles. The monoisotopic (exact) mass is 342 g/mol. The van der Waals surface area contributed by atoms with Crippen LogP contribution < -0.4 is 16.4 Å².